The van der Waals surface area contributed by atoms with Crippen molar-refractivity contribution in [3.05, 3.63) is 106 Å². The Labute approximate surface area is 164 Å². The van der Waals surface area contributed by atoms with Gasteiger partial charge in [0.05, 0.1) is 11.4 Å². The van der Waals surface area contributed by atoms with Gasteiger partial charge >= 0.3 is 0 Å². The second-order valence-corrected chi connectivity index (χ2v) is 7.43. The van der Waals surface area contributed by atoms with Gasteiger partial charge in [-0.15, -0.1) is 0 Å². The van der Waals surface area contributed by atoms with E-state index in [0.717, 1.165) is 17.0 Å². The summed E-state index contributed by atoms with van der Waals surface area (Å²) in [5.41, 5.74) is 5.16. The largest absolute Gasteiger partial charge is 0.248 e. The molecule has 0 radical (unpaired) electrons. The van der Waals surface area contributed by atoms with Gasteiger partial charge in [0.1, 0.15) is 0 Å². The molecule has 0 aliphatic heterocycles. The molecule has 0 fully saturated rings. The predicted molar refractivity (Wildman–Crippen MR) is 115 cm³/mol. The van der Waals surface area contributed by atoms with Crippen LogP contribution in [0.15, 0.2) is 94.2 Å². The van der Waals surface area contributed by atoms with Crippen molar-refractivity contribution in [3.8, 4) is 0 Å². The Bertz CT molecular complexity index is 925. The lowest BCUT2D eigenvalue weighted by Crippen LogP contribution is -1.97. The lowest BCUT2D eigenvalue weighted by atomic mass is 10.1. The van der Waals surface area contributed by atoms with Gasteiger partial charge < -0.3 is 0 Å². The normalized spacial score (nSPS) is 11.9. The van der Waals surface area contributed by atoms with Crippen LogP contribution in [0.2, 0.25) is 5.02 Å². The van der Waals surface area contributed by atoms with Gasteiger partial charge in [0.15, 0.2) is 0 Å². The number of halogens is 1. The van der Waals surface area contributed by atoms with Crippen LogP contribution in [-0.4, -0.2) is 5.71 Å². The molecule has 0 heterocycles. The van der Waals surface area contributed by atoms with Gasteiger partial charge in [0.25, 0.3) is 0 Å². The number of thioether (sulfide) groups is 1. The van der Waals surface area contributed by atoms with E-state index in [-0.39, 0.29) is 0 Å². The number of rotatable bonds is 5. The van der Waals surface area contributed by atoms with E-state index in [0.29, 0.717) is 5.02 Å². The van der Waals surface area contributed by atoms with Gasteiger partial charge in [-0.1, -0.05) is 77.0 Å². The molecule has 0 aromatic heterocycles. The van der Waals surface area contributed by atoms with Crippen molar-refractivity contribution >= 4 is 34.8 Å². The highest BCUT2D eigenvalue weighted by Crippen LogP contribution is 2.23. The third-order valence-electron chi connectivity index (χ3n) is 3.88. The van der Waals surface area contributed by atoms with Crippen LogP contribution in [0.5, 0.6) is 0 Å². The molecular formula is C23H20ClNS. The van der Waals surface area contributed by atoms with Crippen LogP contribution in [0.1, 0.15) is 16.7 Å². The average Bonchev–Trinajstić information content (AvgIpc) is 2.65. The first-order chi connectivity index (χ1) is 12.6. The van der Waals surface area contributed by atoms with Crippen LogP contribution < -0.4 is 0 Å². The molecule has 0 atom stereocenters. The van der Waals surface area contributed by atoms with Crippen molar-refractivity contribution in [2.75, 3.05) is 0 Å². The second-order valence-electron chi connectivity index (χ2n) is 6.05. The van der Waals surface area contributed by atoms with E-state index in [2.05, 4.69) is 55.7 Å². The lowest BCUT2D eigenvalue weighted by molar-refractivity contribution is 1.38. The van der Waals surface area contributed by atoms with Crippen LogP contribution in [-0.2, 0) is 0 Å². The Morgan fingerprint density at radius 2 is 1.46 bits per heavy atom. The summed E-state index contributed by atoms with van der Waals surface area (Å²) in [6.45, 7) is 4.16. The van der Waals surface area contributed by atoms with Gasteiger partial charge in [-0.25, -0.2) is 4.99 Å². The zero-order chi connectivity index (χ0) is 18.4. The minimum atomic E-state index is 0.698. The van der Waals surface area contributed by atoms with Gasteiger partial charge in [-0.3, -0.25) is 0 Å². The second kappa shape index (κ2) is 8.88. The summed E-state index contributed by atoms with van der Waals surface area (Å²) in [4.78, 5) is 6.00. The maximum absolute atomic E-state index is 6.40. The highest BCUT2D eigenvalue weighted by Gasteiger charge is 2.05. The number of aliphatic imine (C=N–C) groups is 1. The summed E-state index contributed by atoms with van der Waals surface area (Å²) in [5, 5.41) is 2.75. The molecular weight excluding hydrogens is 358 g/mol. The van der Waals surface area contributed by atoms with Crippen molar-refractivity contribution < 1.29 is 0 Å². The lowest BCUT2D eigenvalue weighted by Gasteiger charge is -2.05. The fraction of sp³-hybridized carbons (Fsp3) is 0.0870. The Kier molecular flexibility index (Phi) is 6.32. The fourth-order valence-electron chi connectivity index (χ4n) is 2.41. The van der Waals surface area contributed by atoms with Gasteiger partial charge in [0.2, 0.25) is 0 Å². The number of hydrogen-bond donors (Lipinski definition) is 0. The summed E-state index contributed by atoms with van der Waals surface area (Å²) in [7, 11) is 0. The summed E-state index contributed by atoms with van der Waals surface area (Å²) in [6, 6.07) is 24.4. The molecule has 0 N–H and O–H groups in total. The Morgan fingerprint density at radius 3 is 2.12 bits per heavy atom. The molecule has 0 bridgehead atoms. The van der Waals surface area contributed by atoms with E-state index in [4.69, 9.17) is 16.6 Å². The molecule has 0 amide bonds. The average molecular weight is 378 g/mol. The molecule has 0 aliphatic rings. The summed E-state index contributed by atoms with van der Waals surface area (Å²) < 4.78 is 0. The predicted octanol–water partition coefficient (Wildman–Crippen LogP) is 7.38. The molecule has 0 aliphatic carbocycles. The molecule has 3 rings (SSSR count). The molecule has 130 valence electrons. The number of nitrogens with zero attached hydrogens (tertiary/aromatic N) is 1. The summed E-state index contributed by atoms with van der Waals surface area (Å²) in [5.74, 6) is 0. The van der Waals surface area contributed by atoms with Crippen LogP contribution in [0.25, 0.3) is 0 Å². The summed E-state index contributed by atoms with van der Waals surface area (Å²) in [6.07, 6.45) is 2.02. The van der Waals surface area contributed by atoms with Crippen LogP contribution in [0.4, 0.5) is 5.69 Å². The number of benzene rings is 3. The van der Waals surface area contributed by atoms with E-state index in [1.54, 1.807) is 11.8 Å². The van der Waals surface area contributed by atoms with E-state index >= 15 is 0 Å². The standard InChI is InChI=1S/C23H20ClNS/c1-17-7-11-19(12-8-17)25-23(21-5-3-4-6-22(21)24)15-16-26-20-13-9-18(2)10-14-20/h3-16H,1-2H3/b16-15+,25-23-. The number of allylic oxidation sites excluding steroid dienone is 1. The van der Waals surface area contributed by atoms with Crippen LogP contribution in [0, 0.1) is 13.8 Å². The molecule has 3 aromatic rings. The van der Waals surface area contributed by atoms with E-state index in [1.807, 2.05) is 42.5 Å². The zero-order valence-corrected chi connectivity index (χ0v) is 16.4. The van der Waals surface area contributed by atoms with E-state index in [1.165, 1.54) is 16.0 Å². The first-order valence-corrected chi connectivity index (χ1v) is 9.68. The molecule has 3 aromatic carbocycles. The van der Waals surface area contributed by atoms with E-state index < -0.39 is 0 Å². The van der Waals surface area contributed by atoms with Gasteiger partial charge in [-0.05, 0) is 55.7 Å². The van der Waals surface area contributed by atoms with Crippen molar-refractivity contribution in [2.45, 2.75) is 18.7 Å². The molecule has 0 spiro atoms. The van der Waals surface area contributed by atoms with Crippen molar-refractivity contribution in [2.24, 2.45) is 4.99 Å². The van der Waals surface area contributed by atoms with Gasteiger partial charge in [-0.2, -0.15) is 0 Å². The topological polar surface area (TPSA) is 12.4 Å². The zero-order valence-electron chi connectivity index (χ0n) is 14.8. The monoisotopic (exact) mass is 377 g/mol. The highest BCUT2D eigenvalue weighted by atomic mass is 35.5. The number of aryl methyl sites for hydroxylation is 2. The number of hydrogen-bond acceptors (Lipinski definition) is 2. The van der Waals surface area contributed by atoms with Crippen LogP contribution in [0.3, 0.4) is 0 Å². The quantitative estimate of drug-likeness (QED) is 0.333. The Hall–Kier alpha value is -2.29. The minimum absolute atomic E-state index is 0.698. The third kappa shape index (κ3) is 5.10. The third-order valence-corrected chi connectivity index (χ3v) is 5.03. The van der Waals surface area contributed by atoms with Crippen molar-refractivity contribution in [1.29, 1.82) is 0 Å². The molecule has 26 heavy (non-hydrogen) atoms. The fourth-order valence-corrected chi connectivity index (χ4v) is 3.29. The van der Waals surface area contributed by atoms with Crippen LogP contribution >= 0.6 is 23.4 Å². The Morgan fingerprint density at radius 1 is 0.846 bits per heavy atom. The molecule has 1 nitrogen and oxygen atoms in total. The maximum atomic E-state index is 6.40. The molecule has 3 heteroatoms. The molecule has 0 saturated heterocycles. The maximum Gasteiger partial charge on any atom is 0.0729 e. The van der Waals surface area contributed by atoms with Crippen molar-refractivity contribution in [3.63, 3.8) is 0 Å². The minimum Gasteiger partial charge on any atom is -0.248 e. The van der Waals surface area contributed by atoms with Gasteiger partial charge in [0, 0.05) is 15.5 Å². The van der Waals surface area contributed by atoms with Crippen molar-refractivity contribution in [1.82, 2.24) is 0 Å². The molecule has 0 unspecified atom stereocenters. The van der Waals surface area contributed by atoms with E-state index in [9.17, 15) is 0 Å². The first-order valence-electron chi connectivity index (χ1n) is 8.42. The molecule has 0 saturated carbocycles. The first kappa shape index (κ1) is 18.5. The highest BCUT2D eigenvalue weighted by molar-refractivity contribution is 8.02. The summed E-state index contributed by atoms with van der Waals surface area (Å²) >= 11 is 8.07. The smallest absolute Gasteiger partial charge is 0.0729 e. The SMILES string of the molecule is Cc1ccc(/N=C(/C=C/Sc2ccc(C)cc2)c2ccccc2Cl)cc1. The Balaban J connectivity index is 1.90.